The molecule has 3 rings (SSSR count). The number of ether oxygens (including phenoxy) is 1. The molecule has 0 aromatic heterocycles. The number of hydrogen-bond donors (Lipinski definition) is 0. The van der Waals surface area contributed by atoms with Gasteiger partial charge in [-0.15, -0.1) is 0 Å². The Morgan fingerprint density at radius 3 is 1.84 bits per heavy atom. The second-order valence-electron chi connectivity index (χ2n) is 7.36. The smallest absolute Gasteiger partial charge is 0.264 e. The van der Waals surface area contributed by atoms with E-state index in [1.54, 1.807) is 31.4 Å². The Morgan fingerprint density at radius 1 is 0.774 bits per heavy atom. The van der Waals surface area contributed by atoms with Crippen LogP contribution in [0.3, 0.4) is 0 Å². The zero-order valence-electron chi connectivity index (χ0n) is 18.6. The van der Waals surface area contributed by atoms with E-state index >= 15 is 0 Å². The number of aryl methyl sites for hydroxylation is 1. The van der Waals surface area contributed by atoms with Gasteiger partial charge in [-0.25, -0.2) is 8.42 Å². The summed E-state index contributed by atoms with van der Waals surface area (Å²) in [4.78, 5) is 2.49. The van der Waals surface area contributed by atoms with Crippen molar-refractivity contribution in [3.05, 3.63) is 83.9 Å². The molecule has 3 aromatic rings. The lowest BCUT2D eigenvalue weighted by Crippen LogP contribution is -2.30. The van der Waals surface area contributed by atoms with Crippen LogP contribution >= 0.6 is 0 Å². The highest BCUT2D eigenvalue weighted by Gasteiger charge is 2.25. The molecule has 3 aromatic carbocycles. The summed E-state index contributed by atoms with van der Waals surface area (Å²) in [5.41, 5.74) is 3.77. The van der Waals surface area contributed by atoms with Crippen LogP contribution in [-0.4, -0.2) is 28.6 Å². The van der Waals surface area contributed by atoms with E-state index in [9.17, 15) is 8.42 Å². The van der Waals surface area contributed by atoms with Gasteiger partial charge in [0.15, 0.2) is 0 Å². The van der Waals surface area contributed by atoms with Crippen molar-refractivity contribution >= 4 is 21.4 Å². The molecule has 0 atom stereocenters. The second kappa shape index (κ2) is 9.88. The third kappa shape index (κ3) is 5.20. The van der Waals surface area contributed by atoms with Crippen molar-refractivity contribution in [2.75, 3.05) is 29.4 Å². The molecular formula is C25H30N2O3S. The number of hydrogen-bond acceptors (Lipinski definition) is 4. The Bertz CT molecular complexity index is 1070. The summed E-state index contributed by atoms with van der Waals surface area (Å²) in [6, 6.07) is 22.1. The van der Waals surface area contributed by atoms with Crippen molar-refractivity contribution in [1.29, 1.82) is 0 Å². The van der Waals surface area contributed by atoms with Crippen molar-refractivity contribution in [3.8, 4) is 5.75 Å². The second-order valence-corrected chi connectivity index (χ2v) is 9.22. The molecule has 0 unspecified atom stereocenters. The molecule has 0 aliphatic carbocycles. The van der Waals surface area contributed by atoms with E-state index in [1.807, 2.05) is 43.3 Å². The van der Waals surface area contributed by atoms with Crippen molar-refractivity contribution < 1.29 is 13.2 Å². The van der Waals surface area contributed by atoms with Crippen LogP contribution in [0.1, 0.15) is 25.0 Å². The van der Waals surface area contributed by atoms with Gasteiger partial charge in [0.2, 0.25) is 0 Å². The van der Waals surface area contributed by atoms with Gasteiger partial charge in [-0.1, -0.05) is 29.8 Å². The highest BCUT2D eigenvalue weighted by Crippen LogP contribution is 2.28. The number of rotatable bonds is 9. The van der Waals surface area contributed by atoms with E-state index < -0.39 is 10.0 Å². The molecule has 0 amide bonds. The van der Waals surface area contributed by atoms with Gasteiger partial charge in [0.05, 0.1) is 24.2 Å². The van der Waals surface area contributed by atoms with Gasteiger partial charge in [-0.2, -0.15) is 0 Å². The lowest BCUT2D eigenvalue weighted by Gasteiger charge is -2.26. The SMILES string of the molecule is CCN(CC)c1ccc(CN(c2ccc(C)cc2)S(=O)(=O)c2ccc(OC)cc2)cc1. The molecule has 0 N–H and O–H groups in total. The Labute approximate surface area is 185 Å². The van der Waals surface area contributed by atoms with Crippen molar-refractivity contribution in [1.82, 2.24) is 0 Å². The fourth-order valence-corrected chi connectivity index (χ4v) is 4.92. The van der Waals surface area contributed by atoms with Crippen LogP contribution in [0.2, 0.25) is 0 Å². The minimum atomic E-state index is -3.76. The summed E-state index contributed by atoms with van der Waals surface area (Å²) in [5.74, 6) is 0.618. The lowest BCUT2D eigenvalue weighted by molar-refractivity contribution is 0.414. The fraction of sp³-hybridized carbons (Fsp3) is 0.280. The van der Waals surface area contributed by atoms with Crippen LogP contribution in [-0.2, 0) is 16.6 Å². The minimum Gasteiger partial charge on any atom is -0.497 e. The monoisotopic (exact) mass is 438 g/mol. The van der Waals surface area contributed by atoms with Gasteiger partial charge < -0.3 is 9.64 Å². The summed E-state index contributed by atoms with van der Waals surface area (Å²) < 4.78 is 33.8. The van der Waals surface area contributed by atoms with E-state index in [1.165, 1.54) is 4.31 Å². The van der Waals surface area contributed by atoms with Gasteiger partial charge in [-0.05, 0) is 74.9 Å². The molecule has 0 fully saturated rings. The van der Waals surface area contributed by atoms with Crippen molar-refractivity contribution in [3.63, 3.8) is 0 Å². The van der Waals surface area contributed by atoms with Crippen LogP contribution in [0.15, 0.2) is 77.7 Å². The first-order chi connectivity index (χ1) is 14.9. The molecule has 0 heterocycles. The molecule has 5 nitrogen and oxygen atoms in total. The number of nitrogens with zero attached hydrogens (tertiary/aromatic N) is 2. The molecule has 0 saturated carbocycles. The van der Waals surface area contributed by atoms with Crippen molar-refractivity contribution in [2.24, 2.45) is 0 Å². The average Bonchev–Trinajstić information content (AvgIpc) is 2.80. The van der Waals surface area contributed by atoms with Gasteiger partial charge in [0.25, 0.3) is 10.0 Å². The highest BCUT2D eigenvalue weighted by atomic mass is 32.2. The molecule has 164 valence electrons. The fourth-order valence-electron chi connectivity index (χ4n) is 3.47. The first-order valence-electron chi connectivity index (χ1n) is 10.5. The van der Waals surface area contributed by atoms with Crippen LogP contribution in [0, 0.1) is 6.92 Å². The summed E-state index contributed by atoms with van der Waals surface area (Å²) >= 11 is 0. The Balaban J connectivity index is 1.97. The molecule has 31 heavy (non-hydrogen) atoms. The third-order valence-electron chi connectivity index (χ3n) is 5.36. The predicted molar refractivity (Wildman–Crippen MR) is 128 cm³/mol. The maximum Gasteiger partial charge on any atom is 0.264 e. The normalized spacial score (nSPS) is 11.2. The summed E-state index contributed by atoms with van der Waals surface area (Å²) in [6.45, 7) is 8.33. The van der Waals surface area contributed by atoms with Crippen LogP contribution < -0.4 is 13.9 Å². The first kappa shape index (κ1) is 22.7. The van der Waals surface area contributed by atoms with E-state index in [2.05, 4.69) is 30.9 Å². The zero-order chi connectivity index (χ0) is 22.4. The Hall–Kier alpha value is -2.99. The van der Waals surface area contributed by atoms with Gasteiger partial charge >= 0.3 is 0 Å². The maximum atomic E-state index is 13.6. The minimum absolute atomic E-state index is 0.230. The average molecular weight is 439 g/mol. The quantitative estimate of drug-likeness (QED) is 0.458. The summed E-state index contributed by atoms with van der Waals surface area (Å²) in [6.07, 6.45) is 0. The zero-order valence-corrected chi connectivity index (χ0v) is 19.4. The van der Waals surface area contributed by atoms with E-state index in [0.717, 1.165) is 29.9 Å². The van der Waals surface area contributed by atoms with E-state index in [4.69, 9.17) is 4.74 Å². The molecule has 0 spiro atoms. The molecular weight excluding hydrogens is 408 g/mol. The van der Waals surface area contributed by atoms with Gasteiger partial charge in [0, 0.05) is 18.8 Å². The number of anilines is 2. The summed E-state index contributed by atoms with van der Waals surface area (Å²) in [5, 5.41) is 0. The van der Waals surface area contributed by atoms with Crippen molar-refractivity contribution in [2.45, 2.75) is 32.2 Å². The Kier molecular flexibility index (Phi) is 7.23. The van der Waals surface area contributed by atoms with Gasteiger partial charge in [0.1, 0.15) is 5.75 Å². The predicted octanol–water partition coefficient (Wildman–Crippen LogP) is 5.25. The largest absolute Gasteiger partial charge is 0.497 e. The number of sulfonamides is 1. The highest BCUT2D eigenvalue weighted by molar-refractivity contribution is 7.92. The molecule has 0 bridgehead atoms. The molecule has 0 saturated heterocycles. The summed E-state index contributed by atoms with van der Waals surface area (Å²) in [7, 11) is -2.20. The molecule has 6 heteroatoms. The standard InChI is InChI=1S/C25H30N2O3S/c1-5-26(6-2)22-13-9-21(10-14-22)19-27(23-11-7-20(3)8-12-23)31(28,29)25-17-15-24(30-4)16-18-25/h7-18H,5-6,19H2,1-4H3. The molecule has 0 aliphatic heterocycles. The van der Waals surface area contributed by atoms with Crippen LogP contribution in [0.25, 0.3) is 0 Å². The van der Waals surface area contributed by atoms with Crippen LogP contribution in [0.4, 0.5) is 11.4 Å². The third-order valence-corrected chi connectivity index (χ3v) is 7.15. The van der Waals surface area contributed by atoms with E-state index in [-0.39, 0.29) is 11.4 Å². The number of benzene rings is 3. The maximum absolute atomic E-state index is 13.6. The van der Waals surface area contributed by atoms with Crippen LogP contribution in [0.5, 0.6) is 5.75 Å². The molecule has 0 radical (unpaired) electrons. The lowest BCUT2D eigenvalue weighted by atomic mass is 10.1. The number of methoxy groups -OCH3 is 1. The Morgan fingerprint density at radius 2 is 1.32 bits per heavy atom. The molecule has 0 aliphatic rings. The van der Waals surface area contributed by atoms with E-state index in [0.29, 0.717) is 11.4 Å². The van der Waals surface area contributed by atoms with Gasteiger partial charge in [-0.3, -0.25) is 4.31 Å². The topological polar surface area (TPSA) is 49.9 Å². The first-order valence-corrected chi connectivity index (χ1v) is 11.9.